The van der Waals surface area contributed by atoms with E-state index in [1.54, 1.807) is 31.8 Å². The lowest BCUT2D eigenvalue weighted by Crippen LogP contribution is -2.36. The van der Waals surface area contributed by atoms with E-state index in [-0.39, 0.29) is 33.5 Å². The second kappa shape index (κ2) is 9.69. The molecule has 3 aromatic heterocycles. The van der Waals surface area contributed by atoms with E-state index >= 15 is 0 Å². The molecule has 0 aliphatic heterocycles. The van der Waals surface area contributed by atoms with Gasteiger partial charge in [0.2, 0.25) is 5.82 Å². The van der Waals surface area contributed by atoms with E-state index in [9.17, 15) is 14.0 Å². The molecule has 0 amide bonds. The molecule has 0 aliphatic rings. The van der Waals surface area contributed by atoms with Crippen molar-refractivity contribution in [1.29, 1.82) is 0 Å². The molecule has 3 heterocycles. The van der Waals surface area contributed by atoms with Gasteiger partial charge in [-0.25, -0.2) is 14.2 Å². The van der Waals surface area contributed by atoms with E-state index in [4.69, 9.17) is 20.9 Å². The molecule has 10 nitrogen and oxygen atoms in total. The van der Waals surface area contributed by atoms with Crippen molar-refractivity contribution in [2.75, 3.05) is 11.5 Å². The Hall–Kier alpha value is -3.64. The molecule has 0 N–H and O–H groups in total. The number of rotatable bonds is 8. The van der Waals surface area contributed by atoms with Gasteiger partial charge in [0.1, 0.15) is 16.7 Å². The lowest BCUT2D eigenvalue weighted by molar-refractivity contribution is -0.144. The normalized spacial score (nSPS) is 11.9. The number of aryl methyl sites for hydroxylation is 1. The van der Waals surface area contributed by atoms with Gasteiger partial charge >= 0.3 is 5.97 Å². The molecule has 0 aliphatic carbocycles. The Morgan fingerprint density at radius 3 is 2.68 bits per heavy atom. The number of hydrogen-bond acceptors (Lipinski definition) is 10. The van der Waals surface area contributed by atoms with Gasteiger partial charge in [-0.3, -0.25) is 9.48 Å². The highest BCUT2D eigenvalue weighted by Gasteiger charge is 2.31. The van der Waals surface area contributed by atoms with Gasteiger partial charge in [0.15, 0.2) is 10.3 Å². The van der Waals surface area contributed by atoms with Crippen molar-refractivity contribution >= 4 is 45.5 Å². The van der Waals surface area contributed by atoms with Gasteiger partial charge < -0.3 is 14.2 Å². The number of thiazole rings is 1. The van der Waals surface area contributed by atoms with Crippen molar-refractivity contribution in [2.45, 2.75) is 19.9 Å². The van der Waals surface area contributed by atoms with E-state index in [0.29, 0.717) is 11.3 Å². The number of hydrogen-bond donors (Lipinski definition) is 0. The van der Waals surface area contributed by atoms with Crippen LogP contribution in [0.15, 0.2) is 41.2 Å². The van der Waals surface area contributed by atoms with E-state index in [1.807, 2.05) is 0 Å². The molecule has 13 heteroatoms. The zero-order valence-electron chi connectivity index (χ0n) is 18.2. The molecule has 1 unspecified atom stereocenters. The number of aromatic nitrogens is 5. The zero-order valence-corrected chi connectivity index (χ0v) is 19.8. The number of anilines is 2. The summed E-state index contributed by atoms with van der Waals surface area (Å²) in [5.41, 5.74) is 1.04. The van der Waals surface area contributed by atoms with E-state index in [2.05, 4.69) is 20.2 Å². The summed E-state index contributed by atoms with van der Waals surface area (Å²) in [6.45, 7) is 3.48. The Labute approximate surface area is 201 Å². The van der Waals surface area contributed by atoms with Crippen LogP contribution in [0.4, 0.5) is 15.2 Å². The fourth-order valence-corrected chi connectivity index (χ4v) is 4.39. The number of carbonyl (C=O) groups is 2. The first-order valence-corrected chi connectivity index (χ1v) is 11.2. The van der Waals surface area contributed by atoms with Crippen LogP contribution in [0.3, 0.4) is 0 Å². The van der Waals surface area contributed by atoms with E-state index < -0.39 is 23.6 Å². The first kappa shape index (κ1) is 23.5. The standard InChI is InChI=1S/C21H18ClFN6O4S/c1-4-32-20(31)11(2)29(14-7-5-13(23)6-8-14)21-25-17(22)16(34-21)15(30)19-26-18(27-33-19)12-9-24-28(3)10-12/h5-11H,4H2,1-3H3. The molecule has 0 fully saturated rings. The number of benzene rings is 1. The van der Waals surface area contributed by atoms with Crippen LogP contribution in [0.1, 0.15) is 29.4 Å². The van der Waals surface area contributed by atoms with Gasteiger partial charge in [-0.1, -0.05) is 28.1 Å². The average Bonchev–Trinajstić information content (AvgIpc) is 3.55. The van der Waals surface area contributed by atoms with E-state index in [0.717, 1.165) is 11.3 Å². The second-order valence-electron chi connectivity index (χ2n) is 7.05. The van der Waals surface area contributed by atoms with Crippen LogP contribution in [0, 0.1) is 5.82 Å². The summed E-state index contributed by atoms with van der Waals surface area (Å²) in [7, 11) is 1.73. The highest BCUT2D eigenvalue weighted by atomic mass is 35.5. The predicted octanol–water partition coefficient (Wildman–Crippen LogP) is 4.04. The summed E-state index contributed by atoms with van der Waals surface area (Å²) in [4.78, 5) is 35.5. The smallest absolute Gasteiger partial charge is 0.328 e. The highest BCUT2D eigenvalue weighted by Crippen LogP contribution is 2.37. The minimum Gasteiger partial charge on any atom is -0.464 e. The summed E-state index contributed by atoms with van der Waals surface area (Å²) in [6, 6.07) is 4.64. The van der Waals surface area contributed by atoms with Crippen molar-refractivity contribution in [3.05, 3.63) is 58.4 Å². The van der Waals surface area contributed by atoms with Crippen LogP contribution in [0.25, 0.3) is 11.4 Å². The first-order chi connectivity index (χ1) is 16.3. The van der Waals surface area contributed by atoms with Crippen LogP contribution < -0.4 is 4.90 Å². The molecule has 0 saturated heterocycles. The quantitative estimate of drug-likeness (QED) is 0.259. The Kier molecular flexibility index (Phi) is 6.70. The molecular formula is C21H18ClFN6O4S. The van der Waals surface area contributed by atoms with Gasteiger partial charge in [0, 0.05) is 18.9 Å². The maximum absolute atomic E-state index is 13.5. The van der Waals surface area contributed by atoms with Gasteiger partial charge in [-0.05, 0) is 38.1 Å². The second-order valence-corrected chi connectivity index (χ2v) is 8.38. The van der Waals surface area contributed by atoms with Gasteiger partial charge in [0.25, 0.3) is 11.7 Å². The Morgan fingerprint density at radius 1 is 1.29 bits per heavy atom. The number of ether oxygens (including phenoxy) is 1. The number of halogens is 2. The van der Waals surface area contributed by atoms with Crippen LogP contribution in [-0.2, 0) is 16.6 Å². The van der Waals surface area contributed by atoms with Crippen molar-refractivity contribution in [3.63, 3.8) is 0 Å². The molecular weight excluding hydrogens is 487 g/mol. The molecule has 4 aromatic rings. The minimum atomic E-state index is -0.837. The fourth-order valence-electron chi connectivity index (χ4n) is 3.07. The maximum Gasteiger partial charge on any atom is 0.328 e. The van der Waals surface area contributed by atoms with Crippen molar-refractivity contribution < 1.29 is 23.2 Å². The molecule has 0 radical (unpaired) electrons. The van der Waals surface area contributed by atoms with Crippen LogP contribution >= 0.6 is 22.9 Å². The third-order valence-corrected chi connectivity index (χ3v) is 6.13. The van der Waals surface area contributed by atoms with Crippen LogP contribution in [0.5, 0.6) is 0 Å². The molecule has 1 atom stereocenters. The van der Waals surface area contributed by atoms with Crippen LogP contribution in [-0.4, -0.2) is 49.3 Å². The molecule has 34 heavy (non-hydrogen) atoms. The van der Waals surface area contributed by atoms with Gasteiger partial charge in [-0.2, -0.15) is 10.1 Å². The number of esters is 1. The third kappa shape index (κ3) is 4.68. The number of ketones is 1. The van der Waals surface area contributed by atoms with Gasteiger partial charge in [0.05, 0.1) is 18.4 Å². The Balaban J connectivity index is 1.68. The third-order valence-electron chi connectivity index (χ3n) is 4.69. The van der Waals surface area contributed by atoms with Crippen molar-refractivity contribution in [1.82, 2.24) is 24.9 Å². The summed E-state index contributed by atoms with van der Waals surface area (Å²) in [5, 5.41) is 7.98. The predicted molar refractivity (Wildman–Crippen MR) is 122 cm³/mol. The highest BCUT2D eigenvalue weighted by molar-refractivity contribution is 7.18. The van der Waals surface area contributed by atoms with Crippen molar-refractivity contribution in [2.24, 2.45) is 7.05 Å². The average molecular weight is 505 g/mol. The lowest BCUT2D eigenvalue weighted by atomic mass is 10.2. The SMILES string of the molecule is CCOC(=O)C(C)N(c1ccc(F)cc1)c1nc(Cl)c(C(=O)c2nc(-c3cnn(C)c3)no2)s1. The molecule has 0 saturated carbocycles. The number of carbonyl (C=O) groups excluding carboxylic acids is 2. The summed E-state index contributed by atoms with van der Waals surface area (Å²) in [5.74, 6) is -1.67. The molecule has 176 valence electrons. The molecule has 1 aromatic carbocycles. The lowest BCUT2D eigenvalue weighted by Gasteiger charge is -2.27. The monoisotopic (exact) mass is 504 g/mol. The molecule has 0 spiro atoms. The number of nitrogens with zero attached hydrogens (tertiary/aromatic N) is 6. The van der Waals surface area contributed by atoms with Gasteiger partial charge in [-0.15, -0.1) is 0 Å². The Morgan fingerprint density at radius 2 is 2.03 bits per heavy atom. The molecule has 4 rings (SSSR count). The summed E-state index contributed by atoms with van der Waals surface area (Å²) in [6.07, 6.45) is 3.21. The summed E-state index contributed by atoms with van der Waals surface area (Å²) < 4.78 is 25.3. The Bertz CT molecular complexity index is 1340. The fraction of sp³-hybridized carbons (Fsp3) is 0.238. The molecule has 0 bridgehead atoms. The van der Waals surface area contributed by atoms with Crippen molar-refractivity contribution in [3.8, 4) is 11.4 Å². The first-order valence-electron chi connectivity index (χ1n) is 10.0. The minimum absolute atomic E-state index is 0.0428. The topological polar surface area (TPSA) is 116 Å². The summed E-state index contributed by atoms with van der Waals surface area (Å²) >= 11 is 7.22. The van der Waals surface area contributed by atoms with Crippen LogP contribution in [0.2, 0.25) is 5.15 Å². The maximum atomic E-state index is 13.5. The van der Waals surface area contributed by atoms with E-state index in [1.165, 1.54) is 35.4 Å². The largest absolute Gasteiger partial charge is 0.464 e. The zero-order chi connectivity index (χ0) is 24.4.